The van der Waals surface area contributed by atoms with Crippen molar-refractivity contribution in [1.29, 1.82) is 0 Å². The van der Waals surface area contributed by atoms with Gasteiger partial charge < -0.3 is 14.2 Å². The molecule has 0 fully saturated rings. The van der Waals surface area contributed by atoms with E-state index in [2.05, 4.69) is 22.4 Å². The Morgan fingerprint density at radius 3 is 2.62 bits per heavy atom. The Kier molecular flexibility index (Phi) is 5.47. The average molecular weight is 388 g/mol. The number of aromatic nitrogens is 1. The van der Waals surface area contributed by atoms with Crippen LogP contribution in [0.3, 0.4) is 0 Å². The molecular formula is C24H24N2O3. The van der Waals surface area contributed by atoms with Gasteiger partial charge in [0.05, 0.1) is 6.26 Å². The molecule has 4 aromatic rings. The fourth-order valence-electron chi connectivity index (χ4n) is 3.41. The number of amides is 1. The lowest BCUT2D eigenvalue weighted by Crippen LogP contribution is -2.25. The van der Waals surface area contributed by atoms with Crippen molar-refractivity contribution in [3.8, 4) is 0 Å². The Morgan fingerprint density at radius 2 is 1.90 bits per heavy atom. The van der Waals surface area contributed by atoms with Crippen LogP contribution in [0.15, 0.2) is 75.8 Å². The lowest BCUT2D eigenvalue weighted by molar-refractivity contribution is 0.0952. The summed E-state index contributed by atoms with van der Waals surface area (Å²) in [4.78, 5) is 17.1. The Bertz CT molecular complexity index is 1080. The Hall–Kier alpha value is -3.34. The maximum absolute atomic E-state index is 12.6. The van der Waals surface area contributed by atoms with E-state index >= 15 is 0 Å². The molecule has 2 heterocycles. The van der Waals surface area contributed by atoms with Crippen LogP contribution >= 0.6 is 0 Å². The zero-order valence-electron chi connectivity index (χ0n) is 16.6. The van der Waals surface area contributed by atoms with Crippen molar-refractivity contribution in [2.75, 3.05) is 6.54 Å². The Balaban J connectivity index is 1.44. The van der Waals surface area contributed by atoms with E-state index in [4.69, 9.17) is 8.83 Å². The lowest BCUT2D eigenvalue weighted by Gasteiger charge is -2.15. The predicted octanol–water partition coefficient (Wildman–Crippen LogP) is 5.50. The van der Waals surface area contributed by atoms with Gasteiger partial charge in [-0.25, -0.2) is 4.98 Å². The van der Waals surface area contributed by atoms with Crippen molar-refractivity contribution in [3.05, 3.63) is 89.7 Å². The molecule has 148 valence electrons. The van der Waals surface area contributed by atoms with Gasteiger partial charge in [0.15, 0.2) is 11.5 Å². The van der Waals surface area contributed by atoms with Crippen LogP contribution in [-0.4, -0.2) is 17.4 Å². The number of furan rings is 1. The summed E-state index contributed by atoms with van der Waals surface area (Å²) in [5.74, 6) is 1.76. The van der Waals surface area contributed by atoms with E-state index in [0.717, 1.165) is 12.2 Å². The topological polar surface area (TPSA) is 68.3 Å². The van der Waals surface area contributed by atoms with Crippen LogP contribution in [0.4, 0.5) is 0 Å². The van der Waals surface area contributed by atoms with Crippen LogP contribution in [0.25, 0.3) is 11.1 Å². The number of hydrogen-bond donors (Lipinski definition) is 1. The largest absolute Gasteiger partial charge is 0.469 e. The van der Waals surface area contributed by atoms with Crippen LogP contribution in [0, 0.1) is 0 Å². The highest BCUT2D eigenvalue weighted by molar-refractivity contribution is 5.97. The van der Waals surface area contributed by atoms with Crippen LogP contribution in [0.5, 0.6) is 0 Å². The molecule has 5 heteroatoms. The molecule has 5 nitrogen and oxygen atoms in total. The number of oxazole rings is 1. The number of carbonyl (C=O) groups is 1. The second-order valence-electron chi connectivity index (χ2n) is 7.41. The van der Waals surface area contributed by atoms with Gasteiger partial charge in [-0.05, 0) is 42.3 Å². The third kappa shape index (κ3) is 4.24. The monoisotopic (exact) mass is 388 g/mol. The molecule has 0 bridgehead atoms. The van der Waals surface area contributed by atoms with Gasteiger partial charge in [0.1, 0.15) is 11.3 Å². The smallest absolute Gasteiger partial charge is 0.251 e. The molecule has 2 aromatic heterocycles. The van der Waals surface area contributed by atoms with Crippen molar-refractivity contribution in [2.45, 2.75) is 32.1 Å². The standard InChI is InChI=1S/C24H24N2O3/c1-16(2)24-26-20-15-18(10-11-22(20)29-24)23(27)25-13-12-19(21-9-6-14-28-21)17-7-4-3-5-8-17/h3-11,14-16,19H,12-13H2,1-2H3,(H,25,27). The molecule has 1 unspecified atom stereocenters. The molecule has 0 aliphatic heterocycles. The van der Waals surface area contributed by atoms with Gasteiger partial charge in [-0.1, -0.05) is 44.2 Å². The SMILES string of the molecule is CC(C)c1nc2cc(C(=O)NCCC(c3ccccc3)c3ccco3)ccc2o1. The number of rotatable bonds is 7. The van der Waals surface area contributed by atoms with Crippen LogP contribution in [-0.2, 0) is 0 Å². The molecule has 29 heavy (non-hydrogen) atoms. The first-order valence-electron chi connectivity index (χ1n) is 9.89. The fourth-order valence-corrected chi connectivity index (χ4v) is 3.41. The summed E-state index contributed by atoms with van der Waals surface area (Å²) in [5.41, 5.74) is 3.16. The summed E-state index contributed by atoms with van der Waals surface area (Å²) < 4.78 is 11.3. The summed E-state index contributed by atoms with van der Waals surface area (Å²) in [6.07, 6.45) is 2.43. The lowest BCUT2D eigenvalue weighted by atomic mass is 9.93. The number of nitrogens with one attached hydrogen (secondary N) is 1. The number of hydrogen-bond acceptors (Lipinski definition) is 4. The fraction of sp³-hybridized carbons (Fsp3) is 0.250. The normalized spacial score (nSPS) is 12.4. The molecule has 0 spiro atoms. The number of carbonyl (C=O) groups excluding carboxylic acids is 1. The third-order valence-electron chi connectivity index (χ3n) is 4.97. The van der Waals surface area contributed by atoms with E-state index < -0.39 is 0 Å². The van der Waals surface area contributed by atoms with Gasteiger partial charge in [-0.3, -0.25) is 4.79 Å². The van der Waals surface area contributed by atoms with Crippen molar-refractivity contribution < 1.29 is 13.6 Å². The molecule has 0 radical (unpaired) electrons. The van der Waals surface area contributed by atoms with E-state index in [9.17, 15) is 4.79 Å². The van der Waals surface area contributed by atoms with Gasteiger partial charge in [-0.2, -0.15) is 0 Å². The van der Waals surface area contributed by atoms with Crippen LogP contribution in [0.1, 0.15) is 59.7 Å². The number of benzene rings is 2. The summed E-state index contributed by atoms with van der Waals surface area (Å²) in [6, 6.07) is 19.4. The summed E-state index contributed by atoms with van der Waals surface area (Å²) in [6.45, 7) is 4.59. The van der Waals surface area contributed by atoms with Crippen molar-refractivity contribution in [2.24, 2.45) is 0 Å². The van der Waals surface area contributed by atoms with Crippen LogP contribution in [0.2, 0.25) is 0 Å². The van der Waals surface area contributed by atoms with Gasteiger partial charge in [0, 0.05) is 23.9 Å². The highest BCUT2D eigenvalue weighted by Crippen LogP contribution is 2.28. The highest BCUT2D eigenvalue weighted by atomic mass is 16.3. The summed E-state index contributed by atoms with van der Waals surface area (Å²) >= 11 is 0. The maximum Gasteiger partial charge on any atom is 0.251 e. The van der Waals surface area contributed by atoms with E-state index in [1.54, 1.807) is 24.5 Å². The molecule has 0 aliphatic rings. The molecule has 4 rings (SSSR count). The van der Waals surface area contributed by atoms with E-state index in [1.807, 2.05) is 44.2 Å². The van der Waals surface area contributed by atoms with Gasteiger partial charge in [0.25, 0.3) is 5.91 Å². The average Bonchev–Trinajstić information content (AvgIpc) is 3.41. The van der Waals surface area contributed by atoms with Gasteiger partial charge >= 0.3 is 0 Å². The zero-order valence-corrected chi connectivity index (χ0v) is 16.6. The van der Waals surface area contributed by atoms with E-state index in [-0.39, 0.29) is 17.7 Å². The Morgan fingerprint density at radius 1 is 1.07 bits per heavy atom. The third-order valence-corrected chi connectivity index (χ3v) is 4.97. The predicted molar refractivity (Wildman–Crippen MR) is 112 cm³/mol. The first kappa shape index (κ1) is 19.0. The minimum absolute atomic E-state index is 0.0955. The molecule has 0 aliphatic carbocycles. The van der Waals surface area contributed by atoms with Gasteiger partial charge in [0.2, 0.25) is 0 Å². The van der Waals surface area contributed by atoms with Crippen LogP contribution < -0.4 is 5.32 Å². The molecule has 1 amide bonds. The van der Waals surface area contributed by atoms with E-state index in [0.29, 0.717) is 29.1 Å². The summed E-state index contributed by atoms with van der Waals surface area (Å²) in [7, 11) is 0. The number of nitrogens with zero attached hydrogens (tertiary/aromatic N) is 1. The second-order valence-corrected chi connectivity index (χ2v) is 7.41. The van der Waals surface area contributed by atoms with Crippen molar-refractivity contribution in [1.82, 2.24) is 10.3 Å². The maximum atomic E-state index is 12.6. The van der Waals surface area contributed by atoms with Crippen molar-refractivity contribution in [3.63, 3.8) is 0 Å². The first-order valence-corrected chi connectivity index (χ1v) is 9.89. The Labute approximate surface area is 169 Å². The first-order chi connectivity index (χ1) is 14.1. The molecule has 0 saturated heterocycles. The minimum Gasteiger partial charge on any atom is -0.469 e. The molecular weight excluding hydrogens is 364 g/mol. The number of fused-ring (bicyclic) bond motifs is 1. The molecule has 2 aromatic carbocycles. The summed E-state index contributed by atoms with van der Waals surface area (Å²) in [5, 5.41) is 3.02. The minimum atomic E-state index is -0.118. The molecule has 0 saturated carbocycles. The van der Waals surface area contributed by atoms with E-state index in [1.165, 1.54) is 5.56 Å². The zero-order chi connectivity index (χ0) is 20.2. The molecule has 1 N–H and O–H groups in total. The second kappa shape index (κ2) is 8.35. The molecule has 1 atom stereocenters. The van der Waals surface area contributed by atoms with Gasteiger partial charge in [-0.15, -0.1) is 0 Å². The highest BCUT2D eigenvalue weighted by Gasteiger charge is 2.18. The van der Waals surface area contributed by atoms with Crippen molar-refractivity contribution >= 4 is 17.0 Å². The quantitative estimate of drug-likeness (QED) is 0.454.